The maximum atomic E-state index is 13.7. The summed E-state index contributed by atoms with van der Waals surface area (Å²) >= 11 is 0. The van der Waals surface area contributed by atoms with Gasteiger partial charge in [-0.2, -0.15) is 0 Å². The number of carbonyl (C=O) groups excluding carboxylic acids is 2. The van der Waals surface area contributed by atoms with E-state index >= 15 is 0 Å². The van der Waals surface area contributed by atoms with Crippen molar-refractivity contribution in [3.63, 3.8) is 0 Å². The first kappa shape index (κ1) is 29.0. The molecule has 0 saturated heterocycles. The predicted molar refractivity (Wildman–Crippen MR) is 166 cm³/mol. The Bertz CT molecular complexity index is 1700. The zero-order valence-electron chi connectivity index (χ0n) is 24.3. The zero-order chi connectivity index (χ0) is 29.6. The summed E-state index contributed by atoms with van der Waals surface area (Å²) in [6, 6.07) is 22.7. The largest absolute Gasteiger partial charge is 0.356 e. The van der Waals surface area contributed by atoms with E-state index in [-0.39, 0.29) is 42.3 Å². The van der Waals surface area contributed by atoms with Crippen LogP contribution in [0.15, 0.2) is 82.4 Å². The second-order valence-corrected chi connectivity index (χ2v) is 11.4. The molecule has 0 atom stereocenters. The maximum absolute atomic E-state index is 13.7. The third-order valence-corrected chi connectivity index (χ3v) is 8.44. The summed E-state index contributed by atoms with van der Waals surface area (Å²) in [5, 5.41) is 6.35. The fourth-order valence-corrected chi connectivity index (χ4v) is 5.83. The molecule has 0 unspecified atom stereocenters. The topological polar surface area (TPSA) is 102 Å². The average molecular weight is 567 g/mol. The lowest BCUT2D eigenvalue weighted by Crippen LogP contribution is -2.43. The molecule has 0 aliphatic heterocycles. The van der Waals surface area contributed by atoms with Gasteiger partial charge in [0.1, 0.15) is 6.54 Å². The Morgan fingerprint density at radius 3 is 2.29 bits per heavy atom. The van der Waals surface area contributed by atoms with Gasteiger partial charge in [-0.25, -0.2) is 4.79 Å². The number of para-hydroxylation sites is 1. The lowest BCUT2D eigenvalue weighted by atomic mass is 9.81. The van der Waals surface area contributed by atoms with Crippen LogP contribution in [0.1, 0.15) is 42.4 Å². The molecule has 1 fully saturated rings. The molecule has 0 radical (unpaired) electrons. The van der Waals surface area contributed by atoms with E-state index in [0.29, 0.717) is 23.1 Å². The van der Waals surface area contributed by atoms with Crippen LogP contribution >= 0.6 is 0 Å². The van der Waals surface area contributed by atoms with E-state index in [1.165, 1.54) is 14.7 Å². The number of rotatable bonds is 9. The molecule has 2 N–H and O–H groups in total. The highest BCUT2D eigenvalue weighted by molar-refractivity contribution is 5.91. The van der Waals surface area contributed by atoms with Crippen molar-refractivity contribution < 1.29 is 9.59 Å². The molecule has 4 aromatic rings. The first-order valence-corrected chi connectivity index (χ1v) is 14.7. The van der Waals surface area contributed by atoms with Gasteiger partial charge < -0.3 is 10.6 Å². The molecule has 8 heteroatoms. The van der Waals surface area contributed by atoms with Gasteiger partial charge in [0.2, 0.25) is 11.8 Å². The van der Waals surface area contributed by atoms with Crippen molar-refractivity contribution in [2.24, 2.45) is 11.8 Å². The summed E-state index contributed by atoms with van der Waals surface area (Å²) in [6.45, 7) is 4.65. The Kier molecular flexibility index (Phi) is 9.00. The Morgan fingerprint density at radius 1 is 0.833 bits per heavy atom. The number of aromatic nitrogens is 2. The van der Waals surface area contributed by atoms with Crippen molar-refractivity contribution in [1.82, 2.24) is 14.5 Å². The van der Waals surface area contributed by atoms with Crippen LogP contribution in [0, 0.1) is 25.7 Å². The third-order valence-electron chi connectivity index (χ3n) is 8.44. The summed E-state index contributed by atoms with van der Waals surface area (Å²) in [5.41, 5.74) is 3.64. The van der Waals surface area contributed by atoms with Gasteiger partial charge in [0, 0.05) is 24.7 Å². The predicted octanol–water partition coefficient (Wildman–Crippen LogP) is 4.58. The second-order valence-electron chi connectivity index (χ2n) is 11.4. The van der Waals surface area contributed by atoms with Crippen molar-refractivity contribution in [1.29, 1.82) is 0 Å². The standard InChI is InChI=1S/C34H38N4O4/c1-23-12-17-28(20-24(23)2)36-31(39)22-37-30-11-7-6-10-29(30)33(41)38(34(37)42)21-26-13-15-27(16-14-26)32(40)35-19-18-25-8-4-3-5-9-25/h3-12,17,20,26-27H,13-16,18-19,21-22H2,1-2H3,(H,35,40)(H,36,39). The molecule has 218 valence electrons. The molecular formula is C34H38N4O4. The van der Waals surface area contributed by atoms with E-state index in [0.717, 1.165) is 43.2 Å². The Hall–Kier alpha value is -4.46. The Labute approximate surface area is 245 Å². The lowest BCUT2D eigenvalue weighted by Gasteiger charge is -2.28. The smallest absolute Gasteiger partial charge is 0.331 e. The SMILES string of the molecule is Cc1ccc(NC(=O)Cn2c(=O)n(CC3CCC(C(=O)NCCc4ccccc4)CC3)c(=O)c3ccccc32)cc1C. The molecule has 1 aliphatic carbocycles. The molecule has 1 saturated carbocycles. The highest BCUT2D eigenvalue weighted by Crippen LogP contribution is 2.29. The molecule has 5 rings (SSSR count). The number of aryl methyl sites for hydroxylation is 2. The molecule has 0 bridgehead atoms. The van der Waals surface area contributed by atoms with Gasteiger partial charge in [-0.15, -0.1) is 0 Å². The molecule has 3 aromatic carbocycles. The molecular weight excluding hydrogens is 528 g/mol. The minimum absolute atomic E-state index is 0.0592. The highest BCUT2D eigenvalue weighted by atomic mass is 16.2. The summed E-state index contributed by atoms with van der Waals surface area (Å²) in [4.78, 5) is 52.9. The Morgan fingerprint density at radius 2 is 1.55 bits per heavy atom. The molecule has 2 amide bonds. The minimum Gasteiger partial charge on any atom is -0.356 e. The average Bonchev–Trinajstić information content (AvgIpc) is 3.00. The maximum Gasteiger partial charge on any atom is 0.331 e. The van der Waals surface area contributed by atoms with Crippen molar-refractivity contribution in [2.45, 2.75) is 59.0 Å². The van der Waals surface area contributed by atoms with Crippen LogP contribution in [-0.4, -0.2) is 27.5 Å². The fraction of sp³-hybridized carbons (Fsp3) is 0.353. The van der Waals surface area contributed by atoms with E-state index < -0.39 is 5.69 Å². The molecule has 42 heavy (non-hydrogen) atoms. The summed E-state index contributed by atoms with van der Waals surface area (Å²) in [6.07, 6.45) is 3.74. The quantitative estimate of drug-likeness (QED) is 0.310. The first-order chi connectivity index (χ1) is 20.3. The van der Waals surface area contributed by atoms with Gasteiger partial charge in [-0.3, -0.25) is 23.5 Å². The number of anilines is 1. The van der Waals surface area contributed by atoms with E-state index in [2.05, 4.69) is 22.8 Å². The first-order valence-electron chi connectivity index (χ1n) is 14.7. The van der Waals surface area contributed by atoms with Gasteiger partial charge in [-0.1, -0.05) is 48.5 Å². The van der Waals surface area contributed by atoms with Gasteiger partial charge in [0.15, 0.2) is 0 Å². The van der Waals surface area contributed by atoms with Crippen LogP contribution < -0.4 is 21.9 Å². The van der Waals surface area contributed by atoms with Crippen LogP contribution in [0.5, 0.6) is 0 Å². The van der Waals surface area contributed by atoms with E-state index in [4.69, 9.17) is 0 Å². The van der Waals surface area contributed by atoms with Gasteiger partial charge in [0.25, 0.3) is 5.56 Å². The van der Waals surface area contributed by atoms with Crippen LogP contribution in [0.4, 0.5) is 5.69 Å². The molecule has 1 aliphatic rings. The van der Waals surface area contributed by atoms with Crippen molar-refractivity contribution >= 4 is 28.4 Å². The van der Waals surface area contributed by atoms with Crippen molar-refractivity contribution in [3.05, 3.63) is 110 Å². The van der Waals surface area contributed by atoms with Gasteiger partial charge >= 0.3 is 5.69 Å². The fourth-order valence-electron chi connectivity index (χ4n) is 5.83. The van der Waals surface area contributed by atoms with Gasteiger partial charge in [-0.05, 0) is 92.8 Å². The number of carbonyl (C=O) groups is 2. The number of benzene rings is 3. The van der Waals surface area contributed by atoms with Crippen LogP contribution in [0.2, 0.25) is 0 Å². The second kappa shape index (κ2) is 13.0. The molecule has 1 aromatic heterocycles. The van der Waals surface area contributed by atoms with Crippen molar-refractivity contribution in [2.75, 3.05) is 11.9 Å². The van der Waals surface area contributed by atoms with E-state index in [1.54, 1.807) is 24.3 Å². The number of hydrogen-bond donors (Lipinski definition) is 2. The van der Waals surface area contributed by atoms with E-state index in [1.807, 2.05) is 50.2 Å². The molecule has 1 heterocycles. The zero-order valence-corrected chi connectivity index (χ0v) is 24.3. The summed E-state index contributed by atoms with van der Waals surface area (Å²) in [5.74, 6) is -0.224. The lowest BCUT2D eigenvalue weighted by molar-refractivity contribution is -0.126. The number of nitrogens with zero attached hydrogens (tertiary/aromatic N) is 2. The number of hydrogen-bond acceptors (Lipinski definition) is 4. The van der Waals surface area contributed by atoms with Crippen molar-refractivity contribution in [3.8, 4) is 0 Å². The highest BCUT2D eigenvalue weighted by Gasteiger charge is 2.27. The third kappa shape index (κ3) is 6.70. The monoisotopic (exact) mass is 566 g/mol. The minimum atomic E-state index is -0.491. The van der Waals surface area contributed by atoms with Gasteiger partial charge in [0.05, 0.1) is 10.9 Å². The summed E-state index contributed by atoms with van der Waals surface area (Å²) < 4.78 is 2.66. The number of amides is 2. The van der Waals surface area contributed by atoms with Crippen LogP contribution in [-0.2, 0) is 29.1 Å². The number of fused-ring (bicyclic) bond motifs is 1. The van der Waals surface area contributed by atoms with Crippen LogP contribution in [0.25, 0.3) is 10.9 Å². The van der Waals surface area contributed by atoms with Crippen LogP contribution in [0.3, 0.4) is 0 Å². The van der Waals surface area contributed by atoms with E-state index in [9.17, 15) is 19.2 Å². The number of nitrogens with one attached hydrogen (secondary N) is 2. The molecule has 8 nitrogen and oxygen atoms in total. The normalized spacial score (nSPS) is 16.7. The molecule has 0 spiro atoms. The Balaban J connectivity index is 1.25. The summed E-state index contributed by atoms with van der Waals surface area (Å²) in [7, 11) is 0.